The van der Waals surface area contributed by atoms with Crippen LogP contribution in [0.3, 0.4) is 0 Å². The van der Waals surface area contributed by atoms with E-state index in [0.717, 1.165) is 31.2 Å². The van der Waals surface area contributed by atoms with Gasteiger partial charge in [-0.3, -0.25) is 4.72 Å². The SMILES string of the molecule is CCOc1ccc(NS(=O)(=O)c2ccc(CC)cc2)cc1S(=O)(=O)N1CCCCC1. The van der Waals surface area contributed by atoms with Crippen molar-refractivity contribution in [3.63, 3.8) is 0 Å². The van der Waals surface area contributed by atoms with Crippen LogP contribution in [0.5, 0.6) is 5.75 Å². The Hall–Kier alpha value is -2.10. The number of hydrogen-bond acceptors (Lipinski definition) is 5. The monoisotopic (exact) mass is 452 g/mol. The Bertz CT molecular complexity index is 1070. The van der Waals surface area contributed by atoms with Gasteiger partial charge >= 0.3 is 0 Å². The molecule has 164 valence electrons. The van der Waals surface area contributed by atoms with E-state index in [0.29, 0.717) is 19.7 Å². The zero-order valence-electron chi connectivity index (χ0n) is 17.3. The van der Waals surface area contributed by atoms with Crippen LogP contribution in [0.2, 0.25) is 0 Å². The smallest absolute Gasteiger partial charge is 0.261 e. The third-order valence-corrected chi connectivity index (χ3v) is 8.39. The highest BCUT2D eigenvalue weighted by Crippen LogP contribution is 2.32. The van der Waals surface area contributed by atoms with E-state index in [1.807, 2.05) is 6.92 Å². The minimum atomic E-state index is -3.85. The standard InChI is InChI=1S/C21H28N2O5S2/c1-3-17-8-11-19(12-9-17)29(24,25)22-18-10-13-20(28-4-2)21(16-18)30(26,27)23-14-6-5-7-15-23/h8-13,16,22H,3-7,14-15H2,1-2H3. The minimum Gasteiger partial charge on any atom is -0.492 e. The molecule has 2 aromatic rings. The quantitative estimate of drug-likeness (QED) is 0.660. The number of nitrogens with zero attached hydrogens (tertiary/aromatic N) is 1. The van der Waals surface area contributed by atoms with Crippen molar-refractivity contribution in [2.24, 2.45) is 0 Å². The van der Waals surface area contributed by atoms with Gasteiger partial charge in [0.15, 0.2) is 0 Å². The van der Waals surface area contributed by atoms with E-state index in [1.165, 1.54) is 22.5 Å². The van der Waals surface area contributed by atoms with E-state index in [2.05, 4.69) is 4.72 Å². The number of hydrogen-bond donors (Lipinski definition) is 1. The van der Waals surface area contributed by atoms with Gasteiger partial charge in [0.25, 0.3) is 10.0 Å². The van der Waals surface area contributed by atoms with Gasteiger partial charge in [-0.15, -0.1) is 0 Å². The number of ether oxygens (including phenoxy) is 1. The summed E-state index contributed by atoms with van der Waals surface area (Å²) in [6, 6.07) is 11.0. The summed E-state index contributed by atoms with van der Waals surface area (Å²) in [5, 5.41) is 0. The highest BCUT2D eigenvalue weighted by atomic mass is 32.2. The fourth-order valence-electron chi connectivity index (χ4n) is 3.41. The molecule has 0 aliphatic carbocycles. The summed E-state index contributed by atoms with van der Waals surface area (Å²) in [6.45, 7) is 4.97. The van der Waals surface area contributed by atoms with Gasteiger partial charge in [0.1, 0.15) is 10.6 Å². The van der Waals surface area contributed by atoms with E-state index in [4.69, 9.17) is 4.74 Å². The highest BCUT2D eigenvalue weighted by molar-refractivity contribution is 7.92. The fourth-order valence-corrected chi connectivity index (χ4v) is 6.13. The molecule has 1 heterocycles. The molecule has 0 atom stereocenters. The maximum absolute atomic E-state index is 13.2. The molecule has 7 nitrogen and oxygen atoms in total. The first kappa shape index (κ1) is 22.6. The molecule has 0 spiro atoms. The van der Waals surface area contributed by atoms with Crippen LogP contribution in [0, 0.1) is 0 Å². The second-order valence-electron chi connectivity index (χ2n) is 7.16. The Labute approximate surface area is 179 Å². The predicted octanol–water partition coefficient (Wildman–Crippen LogP) is 3.62. The molecule has 1 aliphatic rings. The molecule has 1 aliphatic heterocycles. The first-order chi connectivity index (χ1) is 14.3. The molecular formula is C21H28N2O5S2. The molecule has 2 aromatic carbocycles. The van der Waals surface area contributed by atoms with E-state index >= 15 is 0 Å². The average Bonchev–Trinajstić information content (AvgIpc) is 2.75. The second kappa shape index (κ2) is 9.36. The van der Waals surface area contributed by atoms with Gasteiger partial charge in [0, 0.05) is 13.1 Å². The van der Waals surface area contributed by atoms with Crippen molar-refractivity contribution in [2.75, 3.05) is 24.4 Å². The Balaban J connectivity index is 1.95. The van der Waals surface area contributed by atoms with Gasteiger partial charge < -0.3 is 4.74 Å². The summed E-state index contributed by atoms with van der Waals surface area (Å²) >= 11 is 0. The molecular weight excluding hydrogens is 424 g/mol. The Morgan fingerprint density at radius 1 is 0.933 bits per heavy atom. The molecule has 0 unspecified atom stereocenters. The van der Waals surface area contributed by atoms with Crippen molar-refractivity contribution in [1.29, 1.82) is 0 Å². The maximum Gasteiger partial charge on any atom is 0.261 e. The van der Waals surface area contributed by atoms with Crippen LogP contribution in [-0.2, 0) is 26.5 Å². The van der Waals surface area contributed by atoms with Crippen LogP contribution in [-0.4, -0.2) is 40.8 Å². The number of benzene rings is 2. The third-order valence-electron chi connectivity index (χ3n) is 5.07. The van der Waals surface area contributed by atoms with Crippen molar-refractivity contribution in [3.8, 4) is 5.75 Å². The molecule has 0 saturated carbocycles. The molecule has 0 aromatic heterocycles. The van der Waals surface area contributed by atoms with Gasteiger partial charge in [-0.1, -0.05) is 25.5 Å². The van der Waals surface area contributed by atoms with Crippen LogP contribution in [0.1, 0.15) is 38.7 Å². The topological polar surface area (TPSA) is 92.8 Å². The number of rotatable bonds is 8. The molecule has 0 radical (unpaired) electrons. The normalized spacial score (nSPS) is 15.7. The van der Waals surface area contributed by atoms with Crippen LogP contribution in [0.4, 0.5) is 5.69 Å². The molecule has 1 N–H and O–H groups in total. The van der Waals surface area contributed by atoms with Crippen molar-refractivity contribution in [1.82, 2.24) is 4.31 Å². The predicted molar refractivity (Wildman–Crippen MR) is 117 cm³/mol. The summed E-state index contributed by atoms with van der Waals surface area (Å²) in [7, 11) is -7.64. The summed E-state index contributed by atoms with van der Waals surface area (Å²) in [5.74, 6) is 0.221. The van der Waals surface area contributed by atoms with Crippen molar-refractivity contribution in [3.05, 3.63) is 48.0 Å². The minimum absolute atomic E-state index is 0.0206. The molecule has 30 heavy (non-hydrogen) atoms. The molecule has 9 heteroatoms. The van der Waals surface area contributed by atoms with Gasteiger partial charge in [-0.05, 0) is 62.1 Å². The molecule has 0 amide bonds. The van der Waals surface area contributed by atoms with Crippen molar-refractivity contribution >= 4 is 25.7 Å². The molecule has 1 saturated heterocycles. The van der Waals surface area contributed by atoms with Gasteiger partial charge in [-0.25, -0.2) is 16.8 Å². The van der Waals surface area contributed by atoms with E-state index in [1.54, 1.807) is 31.2 Å². The van der Waals surface area contributed by atoms with Gasteiger partial charge in [0.05, 0.1) is 17.2 Å². The summed E-state index contributed by atoms with van der Waals surface area (Å²) < 4.78 is 61.4. The first-order valence-electron chi connectivity index (χ1n) is 10.2. The lowest BCUT2D eigenvalue weighted by molar-refractivity contribution is 0.323. The van der Waals surface area contributed by atoms with Crippen molar-refractivity contribution < 1.29 is 21.6 Å². The van der Waals surface area contributed by atoms with E-state index in [-0.39, 0.29) is 21.2 Å². The Morgan fingerprint density at radius 2 is 1.60 bits per heavy atom. The number of nitrogens with one attached hydrogen (secondary N) is 1. The molecule has 3 rings (SSSR count). The lowest BCUT2D eigenvalue weighted by Gasteiger charge is -2.27. The van der Waals surface area contributed by atoms with Crippen molar-refractivity contribution in [2.45, 2.75) is 49.3 Å². The van der Waals surface area contributed by atoms with Crippen LogP contribution < -0.4 is 9.46 Å². The number of piperidine rings is 1. The van der Waals surface area contributed by atoms with E-state index < -0.39 is 20.0 Å². The summed E-state index contributed by atoms with van der Waals surface area (Å²) in [5.41, 5.74) is 1.21. The molecule has 1 fully saturated rings. The van der Waals surface area contributed by atoms with E-state index in [9.17, 15) is 16.8 Å². The van der Waals surface area contributed by atoms with Gasteiger partial charge in [0.2, 0.25) is 10.0 Å². The number of aryl methyl sites for hydroxylation is 1. The number of sulfonamides is 2. The summed E-state index contributed by atoms with van der Waals surface area (Å²) in [4.78, 5) is 0.0989. The summed E-state index contributed by atoms with van der Waals surface area (Å²) in [6.07, 6.45) is 3.43. The van der Waals surface area contributed by atoms with Gasteiger partial charge in [-0.2, -0.15) is 4.31 Å². The van der Waals surface area contributed by atoms with Crippen LogP contribution >= 0.6 is 0 Å². The Kier molecular flexibility index (Phi) is 7.05. The first-order valence-corrected chi connectivity index (χ1v) is 13.1. The average molecular weight is 453 g/mol. The zero-order valence-corrected chi connectivity index (χ0v) is 18.9. The van der Waals surface area contributed by atoms with Crippen LogP contribution in [0.15, 0.2) is 52.3 Å². The largest absolute Gasteiger partial charge is 0.492 e. The Morgan fingerprint density at radius 3 is 2.20 bits per heavy atom. The lowest BCUT2D eigenvalue weighted by atomic mass is 10.2. The third kappa shape index (κ3) is 4.96. The zero-order chi connectivity index (χ0) is 21.8. The fraction of sp³-hybridized carbons (Fsp3) is 0.429. The highest BCUT2D eigenvalue weighted by Gasteiger charge is 2.29. The van der Waals surface area contributed by atoms with Crippen LogP contribution in [0.25, 0.3) is 0 Å². The number of anilines is 1. The molecule has 0 bridgehead atoms. The maximum atomic E-state index is 13.2. The lowest BCUT2D eigenvalue weighted by Crippen LogP contribution is -2.35. The second-order valence-corrected chi connectivity index (χ2v) is 10.8.